The quantitative estimate of drug-likeness (QED) is 0.484. The van der Waals surface area contributed by atoms with E-state index < -0.39 is 0 Å². The van der Waals surface area contributed by atoms with E-state index in [2.05, 4.69) is 13.8 Å². The van der Waals surface area contributed by atoms with Gasteiger partial charge in [-0.15, -0.1) is 11.8 Å². The molecule has 0 aliphatic carbocycles. The third-order valence-electron chi connectivity index (χ3n) is 1.33. The van der Waals surface area contributed by atoms with Crippen molar-refractivity contribution in [2.45, 2.75) is 20.3 Å². The summed E-state index contributed by atoms with van der Waals surface area (Å²) in [6.07, 6.45) is 3.06. The molecule has 0 aliphatic heterocycles. The Bertz CT molecular complexity index is 104. The van der Waals surface area contributed by atoms with Crippen molar-refractivity contribution in [1.29, 1.82) is 0 Å². The molecule has 1 unspecified atom stereocenters. The average Bonchev–Trinajstić information content (AvgIpc) is 1.98. The highest BCUT2D eigenvalue weighted by Crippen LogP contribution is 2.06. The van der Waals surface area contributed by atoms with E-state index in [4.69, 9.17) is 17.0 Å². The molecule has 0 fully saturated rings. The standard InChI is InChI=1S/C7H14OS2/c1-4-6(2)7(9)8-5-10-3/h6H,4-5H2,1-3H3. The second-order valence-electron chi connectivity index (χ2n) is 2.18. The Labute approximate surface area is 72.5 Å². The maximum Gasteiger partial charge on any atom is 0.163 e. The number of hydrogen-bond acceptors (Lipinski definition) is 3. The van der Waals surface area contributed by atoms with E-state index in [1.807, 2.05) is 6.26 Å². The van der Waals surface area contributed by atoms with Gasteiger partial charge in [0.25, 0.3) is 0 Å². The molecule has 0 spiro atoms. The van der Waals surface area contributed by atoms with Crippen molar-refractivity contribution < 1.29 is 4.74 Å². The maximum absolute atomic E-state index is 5.24. The summed E-state index contributed by atoms with van der Waals surface area (Å²) in [5.74, 6) is 1.10. The Morgan fingerprint density at radius 3 is 2.70 bits per heavy atom. The normalized spacial score (nSPS) is 12.7. The van der Waals surface area contributed by atoms with Crippen LogP contribution in [-0.4, -0.2) is 17.2 Å². The minimum atomic E-state index is 0.419. The lowest BCUT2D eigenvalue weighted by atomic mass is 10.1. The molecular weight excluding hydrogens is 164 g/mol. The highest BCUT2D eigenvalue weighted by molar-refractivity contribution is 7.98. The van der Waals surface area contributed by atoms with Crippen molar-refractivity contribution in [3.63, 3.8) is 0 Å². The van der Waals surface area contributed by atoms with Crippen LogP contribution in [0.3, 0.4) is 0 Å². The van der Waals surface area contributed by atoms with E-state index >= 15 is 0 Å². The van der Waals surface area contributed by atoms with Crippen LogP contribution in [0.25, 0.3) is 0 Å². The van der Waals surface area contributed by atoms with Crippen LogP contribution in [0.1, 0.15) is 20.3 Å². The molecule has 10 heavy (non-hydrogen) atoms. The fourth-order valence-electron chi connectivity index (χ4n) is 0.426. The zero-order chi connectivity index (χ0) is 7.98. The van der Waals surface area contributed by atoms with E-state index in [0.717, 1.165) is 11.5 Å². The van der Waals surface area contributed by atoms with Crippen molar-refractivity contribution in [2.24, 2.45) is 5.92 Å². The predicted octanol–water partition coefficient (Wildman–Crippen LogP) is 2.70. The molecule has 0 saturated heterocycles. The summed E-state index contributed by atoms with van der Waals surface area (Å²) in [6, 6.07) is 0. The van der Waals surface area contributed by atoms with Gasteiger partial charge in [0.2, 0.25) is 0 Å². The third-order valence-corrected chi connectivity index (χ3v) is 2.21. The van der Waals surface area contributed by atoms with Crippen molar-refractivity contribution >= 4 is 29.0 Å². The Balaban J connectivity index is 3.42. The predicted molar refractivity (Wildman–Crippen MR) is 51.5 cm³/mol. The van der Waals surface area contributed by atoms with Crippen molar-refractivity contribution in [3.05, 3.63) is 0 Å². The molecule has 0 aromatic carbocycles. The van der Waals surface area contributed by atoms with E-state index in [9.17, 15) is 0 Å². The van der Waals surface area contributed by atoms with Crippen LogP contribution < -0.4 is 0 Å². The maximum atomic E-state index is 5.24. The van der Waals surface area contributed by atoms with Gasteiger partial charge in [0, 0.05) is 5.92 Å². The fourth-order valence-corrected chi connectivity index (χ4v) is 0.971. The number of hydrogen-bond donors (Lipinski definition) is 0. The van der Waals surface area contributed by atoms with Gasteiger partial charge in [0.1, 0.15) is 5.94 Å². The molecule has 0 saturated carbocycles. The first kappa shape index (κ1) is 10.2. The molecule has 0 radical (unpaired) electrons. The SMILES string of the molecule is CCC(C)C(=S)OCSC. The monoisotopic (exact) mass is 178 g/mol. The number of thioether (sulfide) groups is 1. The van der Waals surface area contributed by atoms with E-state index in [-0.39, 0.29) is 0 Å². The van der Waals surface area contributed by atoms with Crippen LogP contribution in [0.4, 0.5) is 0 Å². The molecule has 0 aromatic rings. The first-order chi connectivity index (χ1) is 4.72. The van der Waals surface area contributed by atoms with Gasteiger partial charge in [0.05, 0.1) is 0 Å². The summed E-state index contributed by atoms with van der Waals surface area (Å²) in [7, 11) is 0. The van der Waals surface area contributed by atoms with Gasteiger partial charge in [-0.3, -0.25) is 0 Å². The second-order valence-corrected chi connectivity index (χ2v) is 3.39. The topological polar surface area (TPSA) is 9.23 Å². The van der Waals surface area contributed by atoms with E-state index in [0.29, 0.717) is 11.9 Å². The summed E-state index contributed by atoms with van der Waals surface area (Å²) in [6.45, 7) is 4.20. The van der Waals surface area contributed by atoms with Gasteiger partial charge < -0.3 is 4.74 Å². The van der Waals surface area contributed by atoms with Crippen LogP contribution in [0.5, 0.6) is 0 Å². The number of ether oxygens (including phenoxy) is 1. The largest absolute Gasteiger partial charge is 0.476 e. The van der Waals surface area contributed by atoms with Gasteiger partial charge in [-0.05, 0) is 24.9 Å². The van der Waals surface area contributed by atoms with Crippen LogP contribution in [0.15, 0.2) is 0 Å². The molecule has 1 atom stereocenters. The molecule has 0 aromatic heterocycles. The Morgan fingerprint density at radius 2 is 2.30 bits per heavy atom. The summed E-state index contributed by atoms with van der Waals surface area (Å²) >= 11 is 6.65. The van der Waals surface area contributed by atoms with Crippen molar-refractivity contribution in [1.82, 2.24) is 0 Å². The lowest BCUT2D eigenvalue weighted by Gasteiger charge is -2.10. The van der Waals surface area contributed by atoms with Crippen molar-refractivity contribution in [3.8, 4) is 0 Å². The Hall–Kier alpha value is 0.240. The lowest BCUT2D eigenvalue weighted by molar-refractivity contribution is 0.361. The minimum Gasteiger partial charge on any atom is -0.476 e. The molecule has 0 bridgehead atoms. The molecule has 3 heteroatoms. The summed E-state index contributed by atoms with van der Waals surface area (Å²) in [5, 5.41) is 0.747. The van der Waals surface area contributed by atoms with Gasteiger partial charge in [-0.25, -0.2) is 0 Å². The fraction of sp³-hybridized carbons (Fsp3) is 0.857. The highest BCUT2D eigenvalue weighted by Gasteiger charge is 2.05. The van der Waals surface area contributed by atoms with Crippen LogP contribution in [0, 0.1) is 5.92 Å². The summed E-state index contributed by atoms with van der Waals surface area (Å²) in [4.78, 5) is 0. The number of thiocarbonyl (C=S) groups is 1. The molecule has 0 rings (SSSR count). The minimum absolute atomic E-state index is 0.419. The van der Waals surface area contributed by atoms with Gasteiger partial charge in [0.15, 0.2) is 5.05 Å². The van der Waals surface area contributed by atoms with Gasteiger partial charge >= 0.3 is 0 Å². The molecule has 0 amide bonds. The van der Waals surface area contributed by atoms with Crippen LogP contribution >= 0.6 is 24.0 Å². The van der Waals surface area contributed by atoms with Crippen LogP contribution in [-0.2, 0) is 4.74 Å². The third kappa shape index (κ3) is 4.12. The Morgan fingerprint density at radius 1 is 1.70 bits per heavy atom. The molecule has 0 N–H and O–H groups in total. The van der Waals surface area contributed by atoms with Gasteiger partial charge in [-0.1, -0.05) is 13.8 Å². The zero-order valence-electron chi connectivity index (χ0n) is 6.72. The molecule has 1 nitrogen and oxygen atoms in total. The molecule has 60 valence electrons. The average molecular weight is 178 g/mol. The summed E-state index contributed by atoms with van der Waals surface area (Å²) in [5.41, 5.74) is 0. The smallest absolute Gasteiger partial charge is 0.163 e. The van der Waals surface area contributed by atoms with E-state index in [1.165, 1.54) is 0 Å². The molecule has 0 aliphatic rings. The molecular formula is C7H14OS2. The van der Waals surface area contributed by atoms with Crippen LogP contribution in [0.2, 0.25) is 0 Å². The Kier molecular flexibility index (Phi) is 6.13. The van der Waals surface area contributed by atoms with Gasteiger partial charge in [-0.2, -0.15) is 0 Å². The van der Waals surface area contributed by atoms with Crippen molar-refractivity contribution in [2.75, 3.05) is 12.2 Å². The second kappa shape index (κ2) is 5.98. The zero-order valence-corrected chi connectivity index (χ0v) is 8.35. The molecule has 0 heterocycles. The highest BCUT2D eigenvalue weighted by atomic mass is 32.2. The first-order valence-corrected chi connectivity index (χ1v) is 5.18. The number of rotatable bonds is 4. The van der Waals surface area contributed by atoms with E-state index in [1.54, 1.807) is 11.8 Å². The first-order valence-electron chi connectivity index (χ1n) is 3.38. The lowest BCUT2D eigenvalue weighted by Crippen LogP contribution is -2.10. The summed E-state index contributed by atoms with van der Waals surface area (Å²) < 4.78 is 5.24.